The molecule has 0 fully saturated rings. The van der Waals surface area contributed by atoms with Gasteiger partial charge >= 0.3 is 58.2 Å². The molecule has 0 amide bonds. The first-order chi connectivity index (χ1) is 4.39. The predicted molar refractivity (Wildman–Crippen MR) is 34.7 cm³/mol. The Balaban J connectivity index is 0. The van der Waals surface area contributed by atoms with Gasteiger partial charge in [0.05, 0.1) is 0 Å². The molecule has 0 N–H and O–H groups in total. The molecule has 0 aliphatic carbocycles. The number of hydrogen-bond donors (Lipinski definition) is 0. The van der Waals surface area contributed by atoms with E-state index in [1.54, 1.807) is 6.20 Å². The first-order valence-electron chi connectivity index (χ1n) is 2.92. The molecule has 10 heavy (non-hydrogen) atoms. The van der Waals surface area contributed by atoms with Crippen molar-refractivity contribution in [3.05, 3.63) is 18.2 Å². The Bertz CT molecular complexity index is 143. The second-order valence-corrected chi connectivity index (χ2v) is 1.20. The molecule has 0 saturated heterocycles. The van der Waals surface area contributed by atoms with E-state index in [4.69, 9.17) is 0 Å². The number of aryl methyl sites for hydroxylation is 1. The summed E-state index contributed by atoms with van der Waals surface area (Å²) in [5.41, 5.74) is 0.818. The molecule has 0 radical (unpaired) electrons. The summed E-state index contributed by atoms with van der Waals surface area (Å²) in [5.74, 6) is 0. The first kappa shape index (κ1) is 13.4. The van der Waals surface area contributed by atoms with Crippen LogP contribution in [0.25, 0.3) is 0 Å². The van der Waals surface area contributed by atoms with Gasteiger partial charge in [0, 0.05) is 0 Å². The molecular formula is C6H10N3Rb. The van der Waals surface area contributed by atoms with Crippen LogP contribution in [0.4, 0.5) is 0 Å². The first-order valence-corrected chi connectivity index (χ1v) is 2.92. The van der Waals surface area contributed by atoms with Crippen LogP contribution in [0.1, 0.15) is 19.5 Å². The van der Waals surface area contributed by atoms with Gasteiger partial charge in [-0.3, -0.25) is 0 Å². The van der Waals surface area contributed by atoms with Gasteiger partial charge in [-0.15, -0.1) is 6.20 Å². The Morgan fingerprint density at radius 1 is 1.40 bits per heavy atom. The van der Waals surface area contributed by atoms with Crippen LogP contribution in [0.15, 0.2) is 6.20 Å². The maximum absolute atomic E-state index is 3.61. The van der Waals surface area contributed by atoms with E-state index in [9.17, 15) is 0 Å². The fourth-order valence-electron chi connectivity index (χ4n) is 0.275. The molecule has 1 aromatic rings. The van der Waals surface area contributed by atoms with Crippen LogP contribution < -0.4 is 58.2 Å². The smallest absolute Gasteiger partial charge is 0.436 e. The number of hydrogen-bond acceptors (Lipinski definition) is 3. The molecular weight excluding hydrogens is 200 g/mol. The van der Waals surface area contributed by atoms with Crippen molar-refractivity contribution in [1.29, 1.82) is 0 Å². The zero-order valence-corrected chi connectivity index (χ0v) is 11.8. The molecule has 3 nitrogen and oxygen atoms in total. The van der Waals surface area contributed by atoms with Crippen LogP contribution in [0.2, 0.25) is 0 Å². The summed E-state index contributed by atoms with van der Waals surface area (Å²) in [6, 6.07) is 0. The van der Waals surface area contributed by atoms with Crippen molar-refractivity contribution in [2.24, 2.45) is 0 Å². The van der Waals surface area contributed by atoms with Gasteiger partial charge in [0.2, 0.25) is 0 Å². The van der Waals surface area contributed by atoms with Gasteiger partial charge in [-0.2, -0.15) is 5.10 Å². The van der Waals surface area contributed by atoms with E-state index in [0.717, 1.165) is 5.69 Å². The summed E-state index contributed by atoms with van der Waals surface area (Å²) >= 11 is 0. The molecule has 1 heterocycles. The Hall–Kier alpha value is 0.815. The SMILES string of the molecule is CC.Cc1cn[c-]nn1.[Rb+]. The van der Waals surface area contributed by atoms with Gasteiger partial charge < -0.3 is 4.98 Å². The average Bonchev–Trinajstić information content (AvgIpc) is 1.94. The maximum Gasteiger partial charge on any atom is 1.00 e. The molecule has 0 aliphatic heterocycles. The van der Waals surface area contributed by atoms with Crippen molar-refractivity contribution in [3.63, 3.8) is 0 Å². The Labute approximate surface area is 110 Å². The third-order valence-corrected chi connectivity index (χ3v) is 0.562. The standard InChI is InChI=1S/C4H4N3.C2H6.Rb/c1-4-2-5-3-6-7-4;1-2;/h2H,1H3;1-2H3;/q-1;;+1. The zero-order chi connectivity index (χ0) is 7.11. The summed E-state index contributed by atoms with van der Waals surface area (Å²) in [5, 5.41) is 7.01. The molecule has 0 spiro atoms. The molecule has 0 atom stereocenters. The molecule has 0 aromatic carbocycles. The molecule has 0 unspecified atom stereocenters. The van der Waals surface area contributed by atoms with Crippen molar-refractivity contribution in [3.8, 4) is 0 Å². The number of aromatic nitrogens is 3. The van der Waals surface area contributed by atoms with Crippen molar-refractivity contribution < 1.29 is 58.2 Å². The van der Waals surface area contributed by atoms with Crippen LogP contribution in [0.3, 0.4) is 0 Å². The fraction of sp³-hybridized carbons (Fsp3) is 0.500. The molecule has 4 heteroatoms. The Kier molecular flexibility index (Phi) is 13.2. The van der Waals surface area contributed by atoms with Gasteiger partial charge in [0.25, 0.3) is 0 Å². The van der Waals surface area contributed by atoms with E-state index in [2.05, 4.69) is 21.5 Å². The predicted octanol–water partition coefficient (Wildman–Crippen LogP) is -1.99. The topological polar surface area (TPSA) is 38.7 Å². The molecule has 0 bridgehead atoms. The van der Waals surface area contributed by atoms with E-state index >= 15 is 0 Å². The molecule has 1 rings (SSSR count). The van der Waals surface area contributed by atoms with Crippen LogP contribution >= 0.6 is 0 Å². The van der Waals surface area contributed by atoms with Gasteiger partial charge in [-0.05, 0) is 18.9 Å². The number of nitrogens with zero attached hydrogens (tertiary/aromatic N) is 3. The van der Waals surface area contributed by atoms with Gasteiger partial charge in [0.15, 0.2) is 0 Å². The molecule has 0 saturated carbocycles. The monoisotopic (exact) mass is 209 g/mol. The summed E-state index contributed by atoms with van der Waals surface area (Å²) in [6.07, 6.45) is 3.93. The minimum Gasteiger partial charge on any atom is -0.436 e. The van der Waals surface area contributed by atoms with Gasteiger partial charge in [0.1, 0.15) is 0 Å². The van der Waals surface area contributed by atoms with E-state index in [1.165, 1.54) is 0 Å². The molecule has 1 aromatic heterocycles. The van der Waals surface area contributed by atoms with Crippen molar-refractivity contribution in [2.45, 2.75) is 20.8 Å². The fourth-order valence-corrected chi connectivity index (χ4v) is 0.275. The van der Waals surface area contributed by atoms with E-state index < -0.39 is 0 Å². The van der Waals surface area contributed by atoms with Crippen molar-refractivity contribution in [2.75, 3.05) is 0 Å². The van der Waals surface area contributed by atoms with Crippen LogP contribution in [0, 0.1) is 13.3 Å². The second-order valence-electron chi connectivity index (χ2n) is 1.20. The van der Waals surface area contributed by atoms with Crippen molar-refractivity contribution >= 4 is 0 Å². The summed E-state index contributed by atoms with van der Waals surface area (Å²) < 4.78 is 0. The van der Waals surface area contributed by atoms with E-state index in [0.29, 0.717) is 0 Å². The summed E-state index contributed by atoms with van der Waals surface area (Å²) in [4.78, 5) is 3.59. The zero-order valence-electron chi connectivity index (χ0n) is 6.92. The van der Waals surface area contributed by atoms with Crippen LogP contribution in [-0.4, -0.2) is 15.2 Å². The minimum atomic E-state index is 0. The molecule has 0 aliphatic rings. The summed E-state index contributed by atoms with van der Waals surface area (Å²) in [6.45, 7) is 5.83. The minimum absolute atomic E-state index is 0. The maximum atomic E-state index is 3.61. The average molecular weight is 210 g/mol. The third kappa shape index (κ3) is 6.93. The van der Waals surface area contributed by atoms with Crippen LogP contribution in [-0.2, 0) is 0 Å². The largest absolute Gasteiger partial charge is 1.00 e. The van der Waals surface area contributed by atoms with E-state index in [1.807, 2.05) is 20.8 Å². The Morgan fingerprint density at radius 2 is 2.00 bits per heavy atom. The van der Waals surface area contributed by atoms with Gasteiger partial charge in [-0.1, -0.05) is 13.8 Å². The third-order valence-electron chi connectivity index (χ3n) is 0.562. The van der Waals surface area contributed by atoms with Gasteiger partial charge in [-0.25, -0.2) is 5.10 Å². The Morgan fingerprint density at radius 3 is 2.20 bits per heavy atom. The number of rotatable bonds is 0. The normalized spacial score (nSPS) is 6.70. The van der Waals surface area contributed by atoms with E-state index in [-0.39, 0.29) is 58.2 Å². The van der Waals surface area contributed by atoms with Crippen molar-refractivity contribution in [1.82, 2.24) is 15.2 Å². The second kappa shape index (κ2) is 9.82. The van der Waals surface area contributed by atoms with Crippen LogP contribution in [0.5, 0.6) is 0 Å². The molecule has 50 valence electrons. The quantitative estimate of drug-likeness (QED) is 0.465. The summed E-state index contributed by atoms with van der Waals surface area (Å²) in [7, 11) is 0.